The predicted molar refractivity (Wildman–Crippen MR) is 76.6 cm³/mol. The van der Waals surface area contributed by atoms with Crippen molar-refractivity contribution in [2.75, 3.05) is 5.73 Å². The molecule has 19 heavy (non-hydrogen) atoms. The lowest BCUT2D eigenvalue weighted by Gasteiger charge is -2.05. The molecule has 1 aromatic heterocycles. The maximum atomic E-state index is 10.7. The molecular weight excluding hydrogens is 284 g/mol. The van der Waals surface area contributed by atoms with Crippen LogP contribution in [0.25, 0.3) is 0 Å². The molecule has 0 aliphatic rings. The Balaban J connectivity index is 2.06. The SMILES string of the molecule is Nc1ccc(Cl)cc1SCc1ccc(C(=O)O)cn1. The average molecular weight is 295 g/mol. The number of carboxylic acid groups (broad SMARTS) is 1. The van der Waals surface area contributed by atoms with Crippen molar-refractivity contribution in [2.24, 2.45) is 0 Å². The number of hydrogen-bond donors (Lipinski definition) is 2. The molecule has 2 rings (SSSR count). The van der Waals surface area contributed by atoms with Crippen molar-refractivity contribution in [3.8, 4) is 0 Å². The quantitative estimate of drug-likeness (QED) is 0.668. The number of halogens is 1. The Morgan fingerprint density at radius 2 is 2.16 bits per heavy atom. The minimum Gasteiger partial charge on any atom is -0.478 e. The zero-order valence-corrected chi connectivity index (χ0v) is 11.4. The molecule has 1 heterocycles. The zero-order chi connectivity index (χ0) is 13.8. The fourth-order valence-corrected chi connectivity index (χ4v) is 2.58. The third-order valence-electron chi connectivity index (χ3n) is 2.42. The van der Waals surface area contributed by atoms with Crippen LogP contribution >= 0.6 is 23.4 Å². The molecule has 0 aliphatic carbocycles. The number of benzene rings is 1. The summed E-state index contributed by atoms with van der Waals surface area (Å²) in [6.45, 7) is 0. The topological polar surface area (TPSA) is 76.2 Å². The van der Waals surface area contributed by atoms with Gasteiger partial charge < -0.3 is 10.8 Å². The Morgan fingerprint density at radius 1 is 1.37 bits per heavy atom. The summed E-state index contributed by atoms with van der Waals surface area (Å²) in [5.41, 5.74) is 7.47. The molecule has 0 unspecified atom stereocenters. The number of carbonyl (C=O) groups is 1. The van der Waals surface area contributed by atoms with Crippen LogP contribution in [-0.4, -0.2) is 16.1 Å². The van der Waals surface area contributed by atoms with E-state index in [2.05, 4.69) is 4.98 Å². The van der Waals surface area contributed by atoms with E-state index in [-0.39, 0.29) is 5.56 Å². The Morgan fingerprint density at radius 3 is 2.79 bits per heavy atom. The van der Waals surface area contributed by atoms with E-state index in [0.717, 1.165) is 10.6 Å². The number of nitrogen functional groups attached to an aromatic ring is 1. The summed E-state index contributed by atoms with van der Waals surface area (Å²) in [6.07, 6.45) is 1.35. The van der Waals surface area contributed by atoms with Crippen LogP contribution in [0, 0.1) is 0 Å². The summed E-state index contributed by atoms with van der Waals surface area (Å²) in [7, 11) is 0. The monoisotopic (exact) mass is 294 g/mol. The zero-order valence-electron chi connectivity index (χ0n) is 9.84. The Kier molecular flexibility index (Phi) is 4.29. The van der Waals surface area contributed by atoms with Gasteiger partial charge in [0.15, 0.2) is 0 Å². The largest absolute Gasteiger partial charge is 0.478 e. The van der Waals surface area contributed by atoms with E-state index in [1.807, 2.05) is 0 Å². The minimum absolute atomic E-state index is 0.177. The van der Waals surface area contributed by atoms with E-state index in [1.54, 1.807) is 24.3 Å². The molecule has 2 aromatic rings. The number of pyridine rings is 1. The molecule has 3 N–H and O–H groups in total. The van der Waals surface area contributed by atoms with Crippen molar-refractivity contribution in [3.05, 3.63) is 52.8 Å². The fraction of sp³-hybridized carbons (Fsp3) is 0.0769. The minimum atomic E-state index is -0.981. The summed E-state index contributed by atoms with van der Waals surface area (Å²) < 4.78 is 0. The van der Waals surface area contributed by atoms with Gasteiger partial charge in [0.25, 0.3) is 0 Å². The number of anilines is 1. The van der Waals surface area contributed by atoms with Gasteiger partial charge in [-0.3, -0.25) is 4.98 Å². The van der Waals surface area contributed by atoms with Crippen LogP contribution in [0.3, 0.4) is 0 Å². The second-order valence-electron chi connectivity index (χ2n) is 3.81. The van der Waals surface area contributed by atoms with Crippen molar-refractivity contribution in [1.29, 1.82) is 0 Å². The summed E-state index contributed by atoms with van der Waals surface area (Å²) in [5, 5.41) is 9.40. The van der Waals surface area contributed by atoms with Gasteiger partial charge in [0, 0.05) is 27.6 Å². The van der Waals surface area contributed by atoms with Crippen LogP contribution in [0.4, 0.5) is 5.69 Å². The Labute approximate surface area is 119 Å². The first-order valence-corrected chi connectivity index (χ1v) is 6.78. The van der Waals surface area contributed by atoms with Crippen LogP contribution in [0.5, 0.6) is 0 Å². The first-order valence-electron chi connectivity index (χ1n) is 5.42. The standard InChI is InChI=1S/C13H11ClN2O2S/c14-9-2-4-11(15)12(5-9)19-7-10-3-1-8(6-16-10)13(17)18/h1-6H,7,15H2,(H,17,18). The molecule has 0 bridgehead atoms. The fourth-order valence-electron chi connectivity index (χ4n) is 1.42. The highest BCUT2D eigenvalue weighted by Gasteiger charge is 2.05. The molecule has 0 atom stereocenters. The number of rotatable bonds is 4. The third kappa shape index (κ3) is 3.62. The van der Waals surface area contributed by atoms with E-state index in [9.17, 15) is 4.79 Å². The molecule has 0 spiro atoms. The van der Waals surface area contributed by atoms with E-state index in [1.165, 1.54) is 24.0 Å². The van der Waals surface area contributed by atoms with Crippen molar-refractivity contribution >= 4 is 35.0 Å². The van der Waals surface area contributed by atoms with Crippen molar-refractivity contribution in [3.63, 3.8) is 0 Å². The van der Waals surface area contributed by atoms with Gasteiger partial charge in [0.2, 0.25) is 0 Å². The van der Waals surface area contributed by atoms with Crippen LogP contribution in [0.1, 0.15) is 16.1 Å². The molecule has 4 nitrogen and oxygen atoms in total. The van der Waals surface area contributed by atoms with E-state index >= 15 is 0 Å². The highest BCUT2D eigenvalue weighted by molar-refractivity contribution is 7.98. The molecule has 0 aliphatic heterocycles. The highest BCUT2D eigenvalue weighted by atomic mass is 35.5. The maximum absolute atomic E-state index is 10.7. The number of thioether (sulfide) groups is 1. The summed E-state index contributed by atoms with van der Waals surface area (Å²) in [4.78, 5) is 15.7. The summed E-state index contributed by atoms with van der Waals surface area (Å²) in [6, 6.07) is 8.52. The lowest BCUT2D eigenvalue weighted by molar-refractivity contribution is 0.0696. The molecular formula is C13H11ClN2O2S. The number of aromatic carboxylic acids is 1. The predicted octanol–water partition coefficient (Wildman–Crippen LogP) is 3.31. The second kappa shape index (κ2) is 5.95. The number of hydrogen-bond acceptors (Lipinski definition) is 4. The van der Waals surface area contributed by atoms with Crippen LogP contribution in [-0.2, 0) is 5.75 Å². The van der Waals surface area contributed by atoms with Gasteiger partial charge in [-0.1, -0.05) is 11.6 Å². The van der Waals surface area contributed by atoms with Crippen LogP contribution in [0.2, 0.25) is 5.02 Å². The smallest absolute Gasteiger partial charge is 0.337 e. The van der Waals surface area contributed by atoms with Crippen molar-refractivity contribution in [1.82, 2.24) is 4.98 Å². The van der Waals surface area contributed by atoms with Gasteiger partial charge in [-0.2, -0.15) is 0 Å². The first kappa shape index (κ1) is 13.7. The Bertz CT molecular complexity index is 602. The third-order valence-corrected chi connectivity index (χ3v) is 3.76. The molecule has 0 saturated carbocycles. The van der Waals surface area contributed by atoms with Gasteiger partial charge in [-0.25, -0.2) is 4.79 Å². The Hall–Kier alpha value is -1.72. The highest BCUT2D eigenvalue weighted by Crippen LogP contribution is 2.30. The number of carboxylic acids is 1. The molecule has 0 radical (unpaired) electrons. The van der Waals surface area contributed by atoms with Gasteiger partial charge in [-0.15, -0.1) is 11.8 Å². The van der Waals surface area contributed by atoms with Crippen LogP contribution < -0.4 is 5.73 Å². The van der Waals surface area contributed by atoms with E-state index in [4.69, 9.17) is 22.4 Å². The van der Waals surface area contributed by atoms with Crippen LogP contribution in [0.15, 0.2) is 41.4 Å². The van der Waals surface area contributed by atoms with Crippen molar-refractivity contribution in [2.45, 2.75) is 10.6 Å². The average Bonchev–Trinajstić information content (AvgIpc) is 2.40. The molecule has 6 heteroatoms. The summed E-state index contributed by atoms with van der Waals surface area (Å²) in [5.74, 6) is -0.379. The molecule has 0 amide bonds. The number of nitrogens with zero attached hydrogens (tertiary/aromatic N) is 1. The maximum Gasteiger partial charge on any atom is 0.337 e. The second-order valence-corrected chi connectivity index (χ2v) is 5.27. The van der Waals surface area contributed by atoms with Gasteiger partial charge in [0.1, 0.15) is 0 Å². The van der Waals surface area contributed by atoms with E-state index < -0.39 is 5.97 Å². The lowest BCUT2D eigenvalue weighted by Crippen LogP contribution is -1.98. The molecule has 1 aromatic carbocycles. The molecule has 0 fully saturated rings. The molecule has 98 valence electrons. The number of nitrogens with two attached hydrogens (primary N) is 1. The van der Waals surface area contributed by atoms with Gasteiger partial charge in [-0.05, 0) is 30.3 Å². The summed E-state index contributed by atoms with van der Waals surface area (Å²) >= 11 is 7.41. The van der Waals surface area contributed by atoms with Gasteiger partial charge >= 0.3 is 5.97 Å². The van der Waals surface area contributed by atoms with Crippen molar-refractivity contribution < 1.29 is 9.90 Å². The first-order chi connectivity index (χ1) is 9.06. The number of aromatic nitrogens is 1. The molecule has 0 saturated heterocycles. The normalized spacial score (nSPS) is 10.4. The van der Waals surface area contributed by atoms with Gasteiger partial charge in [0.05, 0.1) is 11.3 Å². The lowest BCUT2D eigenvalue weighted by atomic mass is 10.2. The van der Waals surface area contributed by atoms with E-state index in [0.29, 0.717) is 16.5 Å².